The van der Waals surface area contributed by atoms with Crippen LogP contribution in [0.25, 0.3) is 0 Å². The number of aryl methyl sites for hydroxylation is 1. The molecule has 6 heteroatoms. The third-order valence-electron chi connectivity index (χ3n) is 4.10. The van der Waals surface area contributed by atoms with Crippen LogP contribution in [-0.2, 0) is 16.1 Å². The van der Waals surface area contributed by atoms with Gasteiger partial charge in [0.1, 0.15) is 12.4 Å². The summed E-state index contributed by atoms with van der Waals surface area (Å²) in [5, 5.41) is 10.6. The predicted octanol–water partition coefficient (Wildman–Crippen LogP) is 2.85. The molecule has 5 nitrogen and oxygen atoms in total. The van der Waals surface area contributed by atoms with Crippen LogP contribution in [0.2, 0.25) is 0 Å². The summed E-state index contributed by atoms with van der Waals surface area (Å²) >= 11 is 3.59. The van der Waals surface area contributed by atoms with Gasteiger partial charge in [-0.25, -0.2) is 0 Å². The van der Waals surface area contributed by atoms with Crippen LogP contribution in [0.4, 0.5) is 5.69 Å². The fourth-order valence-corrected chi connectivity index (χ4v) is 3.11. The first-order chi connectivity index (χ1) is 12.4. The van der Waals surface area contributed by atoms with Gasteiger partial charge in [-0.2, -0.15) is 0 Å². The van der Waals surface area contributed by atoms with E-state index in [4.69, 9.17) is 9.47 Å². The largest absolute Gasteiger partial charge is 0.546 e. The minimum absolute atomic E-state index is 0.447. The number of ether oxygens (including phenoxy) is 2. The fourth-order valence-electron chi connectivity index (χ4n) is 2.75. The van der Waals surface area contributed by atoms with Crippen molar-refractivity contribution < 1.29 is 19.4 Å². The summed E-state index contributed by atoms with van der Waals surface area (Å²) in [7, 11) is 1.69. The quantitative estimate of drug-likeness (QED) is 0.623. The van der Waals surface area contributed by atoms with Gasteiger partial charge in [0.15, 0.2) is 0 Å². The summed E-state index contributed by atoms with van der Waals surface area (Å²) in [6, 6.07) is 11.9. The molecule has 0 aromatic heterocycles. The van der Waals surface area contributed by atoms with Crippen molar-refractivity contribution in [3.8, 4) is 5.75 Å². The Labute approximate surface area is 162 Å². The molecule has 0 aliphatic carbocycles. The van der Waals surface area contributed by atoms with E-state index in [1.54, 1.807) is 13.2 Å². The Balaban J connectivity index is 2.21. The number of anilines is 1. The van der Waals surface area contributed by atoms with Crippen LogP contribution in [0.5, 0.6) is 5.75 Å². The number of carbonyl (C=O) groups is 1. The van der Waals surface area contributed by atoms with Gasteiger partial charge in [-0.1, -0.05) is 34.1 Å². The first-order valence-corrected chi connectivity index (χ1v) is 9.13. The summed E-state index contributed by atoms with van der Waals surface area (Å²) in [6.45, 7) is 5.63. The Kier molecular flexibility index (Phi) is 7.48. The van der Waals surface area contributed by atoms with Gasteiger partial charge in [0.25, 0.3) is 0 Å². The van der Waals surface area contributed by atoms with E-state index in [0.29, 0.717) is 18.9 Å². The lowest BCUT2D eigenvalue weighted by Gasteiger charge is -2.27. The second-order valence-corrected chi connectivity index (χ2v) is 6.91. The number of hydrogen-bond acceptors (Lipinski definition) is 5. The first-order valence-electron chi connectivity index (χ1n) is 8.33. The van der Waals surface area contributed by atoms with Gasteiger partial charge >= 0.3 is 0 Å². The Morgan fingerprint density at radius 3 is 2.65 bits per heavy atom. The Bertz CT molecular complexity index is 763. The third kappa shape index (κ3) is 5.47. The molecule has 0 unspecified atom stereocenters. The molecule has 0 aliphatic rings. The zero-order valence-electron chi connectivity index (χ0n) is 15.3. The lowest BCUT2D eigenvalue weighted by atomic mass is 10.1. The second kappa shape index (κ2) is 9.59. The maximum atomic E-state index is 10.6. The molecule has 2 rings (SSSR count). The van der Waals surface area contributed by atoms with Crippen LogP contribution in [0.1, 0.15) is 16.7 Å². The van der Waals surface area contributed by atoms with E-state index in [9.17, 15) is 9.90 Å². The molecule has 0 atom stereocenters. The van der Waals surface area contributed by atoms with Crippen LogP contribution in [0.15, 0.2) is 40.9 Å². The van der Waals surface area contributed by atoms with Crippen molar-refractivity contribution in [2.24, 2.45) is 0 Å². The maximum Gasteiger partial charge on any atom is 0.128 e. The number of benzene rings is 2. The Morgan fingerprint density at radius 2 is 2.00 bits per heavy atom. The number of hydrogen-bond donors (Lipinski definition) is 0. The van der Waals surface area contributed by atoms with E-state index >= 15 is 0 Å². The maximum absolute atomic E-state index is 10.6. The minimum atomic E-state index is -1.23. The Hall–Kier alpha value is -2.05. The van der Waals surface area contributed by atoms with Gasteiger partial charge in [0.2, 0.25) is 0 Å². The monoisotopic (exact) mass is 420 g/mol. The number of nitrogens with zero attached hydrogens (tertiary/aromatic N) is 1. The van der Waals surface area contributed by atoms with Gasteiger partial charge in [0.05, 0.1) is 12.6 Å². The molecular weight excluding hydrogens is 398 g/mol. The van der Waals surface area contributed by atoms with Crippen LogP contribution < -0.4 is 14.7 Å². The number of aliphatic carboxylic acids is 1. The molecule has 26 heavy (non-hydrogen) atoms. The number of rotatable bonds is 9. The fraction of sp³-hybridized carbons (Fsp3) is 0.350. The van der Waals surface area contributed by atoms with Crippen molar-refractivity contribution in [3.05, 3.63) is 57.6 Å². The van der Waals surface area contributed by atoms with Gasteiger partial charge in [-0.05, 0) is 48.7 Å². The van der Waals surface area contributed by atoms with Crippen LogP contribution in [0, 0.1) is 13.8 Å². The average Bonchev–Trinajstić information content (AvgIpc) is 2.60. The average molecular weight is 421 g/mol. The summed E-state index contributed by atoms with van der Waals surface area (Å²) in [5.74, 6) is -0.677. The van der Waals surface area contributed by atoms with E-state index in [-0.39, 0.29) is 0 Å². The zero-order chi connectivity index (χ0) is 19.1. The smallest absolute Gasteiger partial charge is 0.128 e. The molecule has 2 aromatic carbocycles. The van der Waals surface area contributed by atoms with E-state index in [1.165, 1.54) is 5.56 Å². The van der Waals surface area contributed by atoms with Gasteiger partial charge in [-0.15, -0.1) is 0 Å². The second-order valence-electron chi connectivity index (χ2n) is 6.06. The highest BCUT2D eigenvalue weighted by Gasteiger charge is 2.12. The molecule has 0 saturated heterocycles. The number of carbonyl (C=O) groups excluding carboxylic acids is 1. The van der Waals surface area contributed by atoms with E-state index in [0.717, 1.165) is 27.8 Å². The molecule has 0 saturated carbocycles. The van der Waals surface area contributed by atoms with E-state index < -0.39 is 12.6 Å². The highest BCUT2D eigenvalue weighted by Crippen LogP contribution is 2.28. The van der Waals surface area contributed by atoms with E-state index in [1.807, 2.05) is 31.2 Å². The standard InChI is InChI=1S/C20H24BrNO4/c1-14-11-16(7-8-19(14)26-13-20(23)24)12-22(9-10-25-3)18-6-4-5-17(21)15(18)2/h4-8,11H,9-10,12-13H2,1-3H3,(H,23,24)/p-1. The van der Waals surface area contributed by atoms with Crippen LogP contribution in [-0.4, -0.2) is 32.8 Å². The summed E-state index contributed by atoms with van der Waals surface area (Å²) < 4.78 is 11.6. The molecule has 0 aliphatic heterocycles. The van der Waals surface area contributed by atoms with Gasteiger partial charge < -0.3 is 24.3 Å². The predicted molar refractivity (Wildman–Crippen MR) is 103 cm³/mol. The lowest BCUT2D eigenvalue weighted by molar-refractivity contribution is -0.307. The third-order valence-corrected chi connectivity index (χ3v) is 4.96. The molecule has 0 spiro atoms. The number of halogens is 1. The summed E-state index contributed by atoms with van der Waals surface area (Å²) in [5.41, 5.74) is 4.32. The topological polar surface area (TPSA) is 61.8 Å². The normalized spacial score (nSPS) is 10.6. The first kappa shape index (κ1) is 20.3. The molecule has 140 valence electrons. The minimum Gasteiger partial charge on any atom is -0.546 e. The molecule has 0 N–H and O–H groups in total. The molecule has 2 aromatic rings. The molecular formula is C20H23BrNO4-. The lowest BCUT2D eigenvalue weighted by Crippen LogP contribution is -2.29. The number of carboxylic acids is 1. The van der Waals surface area contributed by atoms with Crippen LogP contribution in [0.3, 0.4) is 0 Å². The van der Waals surface area contributed by atoms with Gasteiger partial charge in [-0.3, -0.25) is 0 Å². The summed E-state index contributed by atoms with van der Waals surface area (Å²) in [4.78, 5) is 12.8. The highest BCUT2D eigenvalue weighted by molar-refractivity contribution is 9.10. The molecule has 0 radical (unpaired) electrons. The highest BCUT2D eigenvalue weighted by atomic mass is 79.9. The molecule has 0 fully saturated rings. The van der Waals surface area contributed by atoms with Crippen molar-refractivity contribution in [1.29, 1.82) is 0 Å². The van der Waals surface area contributed by atoms with Crippen molar-refractivity contribution >= 4 is 27.6 Å². The Morgan fingerprint density at radius 1 is 1.23 bits per heavy atom. The molecule has 0 amide bonds. The number of carboxylic acid groups (broad SMARTS) is 1. The van der Waals surface area contributed by atoms with Crippen LogP contribution >= 0.6 is 15.9 Å². The molecule has 0 bridgehead atoms. The SMILES string of the molecule is COCCN(Cc1ccc(OCC(=O)[O-])c(C)c1)c1cccc(Br)c1C. The van der Waals surface area contributed by atoms with Crippen molar-refractivity contribution in [3.63, 3.8) is 0 Å². The summed E-state index contributed by atoms with van der Waals surface area (Å²) in [6.07, 6.45) is 0. The zero-order valence-corrected chi connectivity index (χ0v) is 16.8. The van der Waals surface area contributed by atoms with Crippen molar-refractivity contribution in [2.75, 3.05) is 31.8 Å². The van der Waals surface area contributed by atoms with Gasteiger partial charge in [0, 0.05) is 30.4 Å². The molecule has 0 heterocycles. The van der Waals surface area contributed by atoms with E-state index in [2.05, 4.69) is 33.8 Å². The van der Waals surface area contributed by atoms with Crippen molar-refractivity contribution in [1.82, 2.24) is 0 Å². The number of methoxy groups -OCH3 is 1. The van der Waals surface area contributed by atoms with Crippen molar-refractivity contribution in [2.45, 2.75) is 20.4 Å².